The van der Waals surface area contributed by atoms with E-state index in [2.05, 4.69) is 4.98 Å². The van der Waals surface area contributed by atoms with Gasteiger partial charge in [-0.1, -0.05) is 0 Å². The van der Waals surface area contributed by atoms with Gasteiger partial charge in [-0.15, -0.1) is 0 Å². The summed E-state index contributed by atoms with van der Waals surface area (Å²) in [5.41, 5.74) is -1.23. The Morgan fingerprint density at radius 2 is 2.20 bits per heavy atom. The normalized spacial score (nSPS) is 30.1. The average molecular weight is 286 g/mol. The third kappa shape index (κ3) is 2.83. The van der Waals surface area contributed by atoms with Crippen molar-refractivity contribution >= 4 is 0 Å². The molecule has 1 fully saturated rings. The maximum Gasteiger partial charge on any atom is 0.330 e. The minimum atomic E-state index is -1.13. The van der Waals surface area contributed by atoms with E-state index in [1.165, 1.54) is 6.20 Å². The molecule has 0 unspecified atom stereocenters. The largest absolute Gasteiger partial charge is 0.394 e. The zero-order valence-electron chi connectivity index (χ0n) is 11.2. The van der Waals surface area contributed by atoms with E-state index >= 15 is 0 Å². The number of aromatic nitrogens is 2. The molecule has 1 saturated heterocycles. The molecule has 0 aliphatic carbocycles. The summed E-state index contributed by atoms with van der Waals surface area (Å²) in [5.74, 6) is 0. The van der Waals surface area contributed by atoms with Gasteiger partial charge in [-0.05, 0) is 13.8 Å². The fourth-order valence-corrected chi connectivity index (χ4v) is 2.21. The summed E-state index contributed by atoms with van der Waals surface area (Å²) in [7, 11) is 0. The number of hydrogen-bond acceptors (Lipinski definition) is 6. The van der Waals surface area contributed by atoms with Gasteiger partial charge in [0.2, 0.25) is 0 Å². The van der Waals surface area contributed by atoms with Gasteiger partial charge < -0.3 is 19.7 Å². The van der Waals surface area contributed by atoms with Crippen LogP contribution in [0.1, 0.15) is 20.1 Å². The van der Waals surface area contributed by atoms with Crippen molar-refractivity contribution in [3.05, 3.63) is 33.1 Å². The molecular formula is C12H18N2O6. The summed E-state index contributed by atoms with van der Waals surface area (Å²) in [6.07, 6.45) is -2.56. The summed E-state index contributed by atoms with van der Waals surface area (Å²) in [4.78, 5) is 24.8. The first-order chi connectivity index (χ1) is 9.43. The molecule has 8 heteroatoms. The number of nitrogens with zero attached hydrogens (tertiary/aromatic N) is 1. The molecule has 2 rings (SSSR count). The molecule has 0 bridgehead atoms. The number of hydrogen-bond donors (Lipinski definition) is 3. The van der Waals surface area contributed by atoms with Crippen LogP contribution in [0.15, 0.2) is 21.9 Å². The van der Waals surface area contributed by atoms with Crippen molar-refractivity contribution < 1.29 is 19.7 Å². The van der Waals surface area contributed by atoms with E-state index in [4.69, 9.17) is 9.47 Å². The van der Waals surface area contributed by atoms with E-state index in [-0.39, 0.29) is 12.7 Å². The number of ether oxygens (including phenoxy) is 2. The predicted molar refractivity (Wildman–Crippen MR) is 68.3 cm³/mol. The second-order valence-corrected chi connectivity index (χ2v) is 4.91. The molecule has 0 spiro atoms. The standard InChI is InChI=1S/C12H18N2O6/c1-6(2)19-10-7(5-15)20-11(9(10)17)14-4-3-8(16)13-12(14)18/h3-4,6-7,9-11,15,17H,5H2,1-2H3,(H,13,16,18)/t7-,9-,10-,11-/m1/s1. The second-order valence-electron chi connectivity index (χ2n) is 4.91. The SMILES string of the molecule is CC(C)O[C@H]1[C@@H](O)[C@H](n2ccc(=O)[nH]c2=O)O[C@@H]1CO. The lowest BCUT2D eigenvalue weighted by atomic mass is 10.1. The van der Waals surface area contributed by atoms with Gasteiger partial charge in [0, 0.05) is 12.3 Å². The van der Waals surface area contributed by atoms with Crippen LogP contribution in [0, 0.1) is 0 Å². The summed E-state index contributed by atoms with van der Waals surface area (Å²) in [6, 6.07) is 1.15. The summed E-state index contributed by atoms with van der Waals surface area (Å²) in [5, 5.41) is 19.5. The zero-order valence-corrected chi connectivity index (χ0v) is 11.2. The highest BCUT2D eigenvalue weighted by atomic mass is 16.6. The van der Waals surface area contributed by atoms with Gasteiger partial charge in [-0.2, -0.15) is 0 Å². The van der Waals surface area contributed by atoms with Crippen LogP contribution >= 0.6 is 0 Å². The Bertz CT molecular complexity index is 566. The number of rotatable bonds is 4. The van der Waals surface area contributed by atoms with Crippen LogP contribution in [0.25, 0.3) is 0 Å². The van der Waals surface area contributed by atoms with Crippen LogP contribution in [-0.2, 0) is 9.47 Å². The van der Waals surface area contributed by atoms with Gasteiger partial charge in [0.15, 0.2) is 6.23 Å². The first-order valence-corrected chi connectivity index (χ1v) is 6.35. The molecule has 3 N–H and O–H groups in total. The van der Waals surface area contributed by atoms with E-state index in [9.17, 15) is 19.8 Å². The molecular weight excluding hydrogens is 268 g/mol. The van der Waals surface area contributed by atoms with Crippen molar-refractivity contribution in [1.82, 2.24) is 9.55 Å². The quantitative estimate of drug-likeness (QED) is 0.626. The predicted octanol–water partition coefficient (Wildman–Crippen LogP) is -1.42. The maximum absolute atomic E-state index is 11.7. The van der Waals surface area contributed by atoms with Gasteiger partial charge in [0.1, 0.15) is 18.3 Å². The topological polar surface area (TPSA) is 114 Å². The second kappa shape index (κ2) is 5.88. The Labute approximate surface area is 114 Å². The summed E-state index contributed by atoms with van der Waals surface area (Å²) in [6.45, 7) is 3.24. The van der Waals surface area contributed by atoms with Crippen molar-refractivity contribution in [2.24, 2.45) is 0 Å². The van der Waals surface area contributed by atoms with Gasteiger partial charge in [-0.25, -0.2) is 4.79 Å². The van der Waals surface area contributed by atoms with Crippen LogP contribution in [0.5, 0.6) is 0 Å². The Kier molecular flexibility index (Phi) is 4.39. The number of aromatic amines is 1. The van der Waals surface area contributed by atoms with Crippen molar-refractivity contribution in [2.45, 2.75) is 44.5 Å². The van der Waals surface area contributed by atoms with Crippen molar-refractivity contribution in [1.29, 1.82) is 0 Å². The molecule has 0 aromatic carbocycles. The minimum absolute atomic E-state index is 0.168. The number of aliphatic hydroxyl groups is 2. The van der Waals surface area contributed by atoms with Crippen LogP contribution < -0.4 is 11.2 Å². The molecule has 2 heterocycles. The fraction of sp³-hybridized carbons (Fsp3) is 0.667. The third-order valence-corrected chi connectivity index (χ3v) is 3.04. The van der Waals surface area contributed by atoms with Gasteiger partial charge >= 0.3 is 5.69 Å². The van der Waals surface area contributed by atoms with Crippen LogP contribution in [0.2, 0.25) is 0 Å². The fourth-order valence-electron chi connectivity index (χ4n) is 2.21. The third-order valence-electron chi connectivity index (χ3n) is 3.04. The molecule has 1 aliphatic rings. The van der Waals surface area contributed by atoms with Gasteiger partial charge in [-0.3, -0.25) is 14.3 Å². The first kappa shape index (κ1) is 14.9. The smallest absolute Gasteiger partial charge is 0.330 e. The van der Waals surface area contributed by atoms with E-state index < -0.39 is 35.8 Å². The van der Waals surface area contributed by atoms with E-state index in [0.29, 0.717) is 0 Å². The minimum Gasteiger partial charge on any atom is -0.394 e. The molecule has 0 saturated carbocycles. The molecule has 4 atom stereocenters. The Morgan fingerprint density at radius 3 is 2.75 bits per heavy atom. The zero-order chi connectivity index (χ0) is 14.9. The lowest BCUT2D eigenvalue weighted by molar-refractivity contribution is -0.0789. The molecule has 8 nitrogen and oxygen atoms in total. The number of nitrogens with one attached hydrogen (secondary N) is 1. The van der Waals surface area contributed by atoms with E-state index in [1.54, 1.807) is 13.8 Å². The van der Waals surface area contributed by atoms with Gasteiger partial charge in [0.25, 0.3) is 5.56 Å². The molecule has 1 aromatic rings. The summed E-state index contributed by atoms with van der Waals surface area (Å²) < 4.78 is 12.0. The van der Waals surface area contributed by atoms with Crippen LogP contribution in [0.3, 0.4) is 0 Å². The molecule has 20 heavy (non-hydrogen) atoms. The Hall–Kier alpha value is -1.48. The monoisotopic (exact) mass is 286 g/mol. The van der Waals surface area contributed by atoms with Gasteiger partial charge in [0.05, 0.1) is 12.7 Å². The highest BCUT2D eigenvalue weighted by Gasteiger charge is 2.45. The number of aliphatic hydroxyl groups excluding tert-OH is 2. The van der Waals surface area contributed by atoms with E-state index in [0.717, 1.165) is 10.6 Å². The highest BCUT2D eigenvalue weighted by Crippen LogP contribution is 2.30. The summed E-state index contributed by atoms with van der Waals surface area (Å²) >= 11 is 0. The molecule has 1 aromatic heterocycles. The van der Waals surface area contributed by atoms with Crippen LogP contribution in [-0.4, -0.2) is 50.8 Å². The Balaban J connectivity index is 2.29. The Morgan fingerprint density at radius 1 is 1.50 bits per heavy atom. The lowest BCUT2D eigenvalue weighted by Gasteiger charge is -2.22. The lowest BCUT2D eigenvalue weighted by Crippen LogP contribution is -2.40. The van der Waals surface area contributed by atoms with Crippen LogP contribution in [0.4, 0.5) is 0 Å². The average Bonchev–Trinajstić information content (AvgIpc) is 2.67. The first-order valence-electron chi connectivity index (χ1n) is 6.35. The van der Waals surface area contributed by atoms with Crippen molar-refractivity contribution in [3.63, 3.8) is 0 Å². The number of H-pyrrole nitrogens is 1. The molecule has 112 valence electrons. The van der Waals surface area contributed by atoms with Crippen molar-refractivity contribution in [3.8, 4) is 0 Å². The molecule has 1 aliphatic heterocycles. The molecule has 0 radical (unpaired) electrons. The van der Waals surface area contributed by atoms with Crippen molar-refractivity contribution in [2.75, 3.05) is 6.61 Å². The highest BCUT2D eigenvalue weighted by molar-refractivity contribution is 4.94. The van der Waals surface area contributed by atoms with E-state index in [1.807, 2.05) is 0 Å². The molecule has 0 amide bonds. The maximum atomic E-state index is 11.7.